The fourth-order valence-corrected chi connectivity index (χ4v) is 2.95. The molecule has 3 aromatic rings. The maximum atomic E-state index is 9.17. The molecule has 3 rings (SSSR count). The monoisotopic (exact) mass is 316 g/mol. The van der Waals surface area contributed by atoms with E-state index in [1.165, 1.54) is 21.5 Å². The molecule has 0 spiro atoms. The summed E-state index contributed by atoms with van der Waals surface area (Å²) in [6.07, 6.45) is 9.37. The second kappa shape index (κ2) is 7.48. The molecule has 0 atom stereocenters. The van der Waals surface area contributed by atoms with Crippen molar-refractivity contribution in [3.8, 4) is 0 Å². The highest BCUT2D eigenvalue weighted by Gasteiger charge is 2.04. The van der Waals surface area contributed by atoms with Gasteiger partial charge in [-0.25, -0.2) is 0 Å². The predicted octanol–water partition coefficient (Wildman–Crippen LogP) is 2.99. The van der Waals surface area contributed by atoms with Crippen LogP contribution in [0.15, 0.2) is 60.7 Å². The van der Waals surface area contributed by atoms with Crippen molar-refractivity contribution in [3.05, 3.63) is 71.1 Å². The number of rotatable bonds is 4. The highest BCUT2D eigenvalue weighted by atomic mass is 16.4. The van der Waals surface area contributed by atoms with Crippen LogP contribution in [-0.2, 0) is 0 Å². The second-order valence-electron chi connectivity index (χ2n) is 5.91. The number of hydrogen-bond donors (Lipinski definition) is 2. The van der Waals surface area contributed by atoms with E-state index in [2.05, 4.69) is 61.5 Å². The Morgan fingerprint density at radius 2 is 1.71 bits per heavy atom. The molecular weight excluding hydrogens is 295 g/mol. The van der Waals surface area contributed by atoms with E-state index in [9.17, 15) is 10.0 Å². The van der Waals surface area contributed by atoms with Crippen LogP contribution in [0.1, 0.15) is 13.3 Å². The summed E-state index contributed by atoms with van der Waals surface area (Å²) in [7, 11) is -1.32. The molecule has 3 aromatic carbocycles. The lowest BCUT2D eigenvalue weighted by molar-refractivity contribution is 0.412. The van der Waals surface area contributed by atoms with Crippen molar-refractivity contribution in [2.45, 2.75) is 19.7 Å². The van der Waals surface area contributed by atoms with E-state index in [-0.39, 0.29) is 6.32 Å². The first-order valence-electron chi connectivity index (χ1n) is 8.34. The van der Waals surface area contributed by atoms with Gasteiger partial charge >= 0.3 is 7.12 Å². The summed E-state index contributed by atoms with van der Waals surface area (Å²) in [6.45, 7) is 2.11. The van der Waals surface area contributed by atoms with Gasteiger partial charge in [0.25, 0.3) is 0 Å². The van der Waals surface area contributed by atoms with Crippen LogP contribution >= 0.6 is 0 Å². The molecular formula is C21H21BO2. The van der Waals surface area contributed by atoms with Crippen molar-refractivity contribution >= 4 is 40.8 Å². The number of hydrogen-bond acceptors (Lipinski definition) is 2. The minimum absolute atomic E-state index is 0.220. The summed E-state index contributed by atoms with van der Waals surface area (Å²) >= 11 is 0. The van der Waals surface area contributed by atoms with Gasteiger partial charge in [0, 0.05) is 6.32 Å². The van der Waals surface area contributed by atoms with Crippen molar-refractivity contribution in [2.75, 3.05) is 0 Å². The Morgan fingerprint density at radius 1 is 0.958 bits per heavy atom. The molecule has 0 aliphatic carbocycles. The Morgan fingerprint density at radius 3 is 2.42 bits per heavy atom. The highest BCUT2D eigenvalue weighted by molar-refractivity contribution is 6.42. The molecule has 0 amide bonds. The van der Waals surface area contributed by atoms with Gasteiger partial charge in [-0.3, -0.25) is 0 Å². The Labute approximate surface area is 142 Å². The van der Waals surface area contributed by atoms with Crippen molar-refractivity contribution in [1.29, 1.82) is 0 Å². The normalized spacial score (nSPS) is 13.5. The summed E-state index contributed by atoms with van der Waals surface area (Å²) < 4.78 is 0. The van der Waals surface area contributed by atoms with Gasteiger partial charge in [-0.2, -0.15) is 0 Å². The molecule has 0 bridgehead atoms. The van der Waals surface area contributed by atoms with Crippen LogP contribution in [0.5, 0.6) is 0 Å². The van der Waals surface area contributed by atoms with E-state index in [0.717, 1.165) is 16.9 Å². The van der Waals surface area contributed by atoms with Gasteiger partial charge in [0.15, 0.2) is 0 Å². The number of allylic oxidation sites excluding steroid dienone is 2. The average molecular weight is 316 g/mol. The van der Waals surface area contributed by atoms with Gasteiger partial charge < -0.3 is 10.0 Å². The molecule has 0 aliphatic heterocycles. The van der Waals surface area contributed by atoms with Gasteiger partial charge in [0.2, 0.25) is 0 Å². The van der Waals surface area contributed by atoms with Gasteiger partial charge in [-0.05, 0) is 50.5 Å². The summed E-state index contributed by atoms with van der Waals surface area (Å²) in [6, 6.07) is 16.9. The van der Waals surface area contributed by atoms with Gasteiger partial charge in [0.1, 0.15) is 0 Å². The molecule has 0 radical (unpaired) electrons. The Hall–Kier alpha value is -2.36. The molecule has 0 heterocycles. The van der Waals surface area contributed by atoms with Crippen LogP contribution in [0.3, 0.4) is 0 Å². The van der Waals surface area contributed by atoms with Crippen LogP contribution < -0.4 is 10.4 Å². The molecule has 3 heteroatoms. The topological polar surface area (TPSA) is 40.5 Å². The zero-order chi connectivity index (χ0) is 16.9. The zero-order valence-corrected chi connectivity index (χ0v) is 13.8. The molecule has 0 aliphatic rings. The molecule has 2 nitrogen and oxygen atoms in total. The van der Waals surface area contributed by atoms with Crippen molar-refractivity contribution in [2.24, 2.45) is 0 Å². The predicted molar refractivity (Wildman–Crippen MR) is 104 cm³/mol. The van der Waals surface area contributed by atoms with Crippen LogP contribution in [0.4, 0.5) is 0 Å². The minimum Gasteiger partial charge on any atom is -0.427 e. The number of fused-ring (bicyclic) bond motifs is 2. The smallest absolute Gasteiger partial charge is 0.427 e. The van der Waals surface area contributed by atoms with E-state index in [0.29, 0.717) is 0 Å². The molecule has 0 aromatic heterocycles. The summed E-state index contributed by atoms with van der Waals surface area (Å²) in [5.74, 6) is 0. The quantitative estimate of drug-likeness (QED) is 0.574. The highest BCUT2D eigenvalue weighted by Crippen LogP contribution is 2.19. The third-order valence-corrected chi connectivity index (χ3v) is 4.14. The second-order valence-corrected chi connectivity index (χ2v) is 5.91. The largest absolute Gasteiger partial charge is 0.455 e. The third-order valence-electron chi connectivity index (χ3n) is 4.14. The molecule has 0 unspecified atom stereocenters. The van der Waals surface area contributed by atoms with Crippen LogP contribution in [0.25, 0.3) is 33.7 Å². The molecule has 0 saturated heterocycles. The fraction of sp³-hybridized carbons (Fsp3) is 0.143. The van der Waals surface area contributed by atoms with Gasteiger partial charge in [0.05, 0.1) is 0 Å². The van der Waals surface area contributed by atoms with E-state index >= 15 is 0 Å². The first-order valence-corrected chi connectivity index (χ1v) is 8.34. The van der Waals surface area contributed by atoms with E-state index in [4.69, 9.17) is 0 Å². The van der Waals surface area contributed by atoms with Crippen molar-refractivity contribution in [1.82, 2.24) is 0 Å². The summed E-state index contributed by atoms with van der Waals surface area (Å²) in [5.41, 5.74) is 0. The van der Waals surface area contributed by atoms with Crippen molar-refractivity contribution < 1.29 is 10.0 Å². The molecule has 0 fully saturated rings. The standard InChI is InChI=1S/C21H21BO2/c1-2-3-4-9-20-16(12-13-22(23)24)10-11-19-14-17-7-5-6-8-18(17)15-21(19)20/h3-12,14-15,23-24H,2,13H2,1H3/b4-3-,16-12-,20-9+. The first kappa shape index (κ1) is 16.5. The van der Waals surface area contributed by atoms with E-state index in [1.807, 2.05) is 18.2 Å². The summed E-state index contributed by atoms with van der Waals surface area (Å²) in [5, 5.41) is 25.3. The van der Waals surface area contributed by atoms with Gasteiger partial charge in [-0.15, -0.1) is 0 Å². The lowest BCUT2D eigenvalue weighted by Crippen LogP contribution is -2.26. The fourth-order valence-electron chi connectivity index (χ4n) is 2.95. The average Bonchev–Trinajstić information content (AvgIpc) is 2.59. The van der Waals surface area contributed by atoms with Crippen LogP contribution in [0.2, 0.25) is 6.32 Å². The SMILES string of the molecule is CC\C=C/C=c1\c(=C/CB(O)O)ccc2cc3ccccc3cc12. The third kappa shape index (κ3) is 3.59. The van der Waals surface area contributed by atoms with Crippen LogP contribution in [-0.4, -0.2) is 17.2 Å². The minimum atomic E-state index is -1.32. The number of benzene rings is 3. The maximum Gasteiger partial charge on any atom is 0.455 e. The molecule has 24 heavy (non-hydrogen) atoms. The lowest BCUT2D eigenvalue weighted by Gasteiger charge is -2.04. The van der Waals surface area contributed by atoms with E-state index < -0.39 is 7.12 Å². The van der Waals surface area contributed by atoms with Crippen molar-refractivity contribution in [3.63, 3.8) is 0 Å². The lowest BCUT2D eigenvalue weighted by atomic mass is 9.85. The van der Waals surface area contributed by atoms with Gasteiger partial charge in [-0.1, -0.05) is 67.6 Å². The molecule has 120 valence electrons. The Kier molecular flexibility index (Phi) is 5.14. The Bertz CT molecular complexity index is 1000. The zero-order valence-electron chi connectivity index (χ0n) is 13.8. The maximum absolute atomic E-state index is 9.17. The molecule has 2 N–H and O–H groups in total. The Balaban J connectivity index is 2.34. The van der Waals surface area contributed by atoms with Crippen LogP contribution in [0, 0.1) is 0 Å². The van der Waals surface area contributed by atoms with E-state index in [1.54, 1.807) is 0 Å². The molecule has 0 saturated carbocycles. The first-order chi connectivity index (χ1) is 11.7. The summed E-state index contributed by atoms with van der Waals surface area (Å²) in [4.78, 5) is 0.